The summed E-state index contributed by atoms with van der Waals surface area (Å²) < 4.78 is 32.7. The largest absolute Gasteiger partial charge is 0.373 e. The van der Waals surface area contributed by atoms with Gasteiger partial charge in [0.25, 0.3) is 0 Å². The minimum atomic E-state index is -4.69. The maximum atomic E-state index is 8.60. The smallest absolute Gasteiger partial charge is 0.0777 e. The molecule has 6 heteroatoms. The SMILES string of the molecule is CN1CC(C)(C)c2ccccc21.[O-][Cl+3]([O-])([O-])O. The average Bonchev–Trinajstić information content (AvgIpc) is 2.36. The molecule has 0 bridgehead atoms. The number of para-hydroxylation sites is 1. The number of hydrogen-bond acceptors (Lipinski definition) is 5. The van der Waals surface area contributed by atoms with Crippen molar-refractivity contribution in [1.29, 1.82) is 0 Å². The summed E-state index contributed by atoms with van der Waals surface area (Å²) in [5, 5.41) is 0. The summed E-state index contributed by atoms with van der Waals surface area (Å²) in [4.78, 5) is 2.33. The van der Waals surface area contributed by atoms with E-state index < -0.39 is 10.2 Å². The molecule has 0 atom stereocenters. The molecule has 2 rings (SSSR count). The Kier molecular flexibility index (Phi) is 4.01. The van der Waals surface area contributed by atoms with Crippen LogP contribution in [0.25, 0.3) is 0 Å². The first-order valence-corrected chi connectivity index (χ1v) is 6.31. The van der Waals surface area contributed by atoms with Crippen molar-refractivity contribution in [3.05, 3.63) is 29.8 Å². The molecule has 1 aliphatic rings. The first-order chi connectivity index (χ1) is 7.61. The van der Waals surface area contributed by atoms with Crippen LogP contribution in [0.15, 0.2) is 24.3 Å². The highest BCUT2D eigenvalue weighted by molar-refractivity contribution is 5.61. The van der Waals surface area contributed by atoms with Gasteiger partial charge in [0, 0.05) is 24.7 Å². The van der Waals surface area contributed by atoms with Gasteiger partial charge in [0.1, 0.15) is 0 Å². The molecule has 96 valence electrons. The maximum absolute atomic E-state index is 8.60. The molecule has 0 aromatic heterocycles. The molecular formula is C11H16ClNO4. The zero-order valence-electron chi connectivity index (χ0n) is 10.0. The van der Waals surface area contributed by atoms with E-state index >= 15 is 0 Å². The zero-order chi connectivity index (χ0) is 13.3. The van der Waals surface area contributed by atoms with E-state index in [0.717, 1.165) is 6.54 Å². The summed E-state index contributed by atoms with van der Waals surface area (Å²) in [7, 11) is -2.53. The van der Waals surface area contributed by atoms with Crippen LogP contribution in [0.2, 0.25) is 0 Å². The molecule has 0 saturated heterocycles. The van der Waals surface area contributed by atoms with E-state index in [9.17, 15) is 0 Å². The summed E-state index contributed by atoms with van der Waals surface area (Å²) in [6.07, 6.45) is 0. The van der Waals surface area contributed by atoms with E-state index in [4.69, 9.17) is 18.6 Å². The van der Waals surface area contributed by atoms with Crippen molar-refractivity contribution in [2.24, 2.45) is 0 Å². The molecule has 0 unspecified atom stereocenters. The first kappa shape index (κ1) is 14.2. The number of hydrogen-bond donors (Lipinski definition) is 1. The second-order valence-corrected chi connectivity index (χ2v) is 5.45. The van der Waals surface area contributed by atoms with Gasteiger partial charge < -0.3 is 4.90 Å². The molecule has 0 spiro atoms. The maximum Gasteiger partial charge on any atom is 0.0777 e. The van der Waals surface area contributed by atoms with Gasteiger partial charge in [-0.05, 0) is 11.6 Å². The molecule has 1 aromatic carbocycles. The lowest BCUT2D eigenvalue weighted by atomic mass is 9.87. The number of likely N-dealkylation sites (N-methyl/N-ethyl adjacent to an activating group) is 1. The van der Waals surface area contributed by atoms with Crippen molar-refractivity contribution in [2.75, 3.05) is 18.5 Å². The highest BCUT2D eigenvalue weighted by Gasteiger charge is 2.32. The fourth-order valence-electron chi connectivity index (χ4n) is 2.14. The molecule has 0 fully saturated rings. The molecular weight excluding hydrogens is 246 g/mol. The predicted octanol–water partition coefficient (Wildman–Crippen LogP) is -1.71. The molecule has 0 aliphatic carbocycles. The Morgan fingerprint density at radius 3 is 2.18 bits per heavy atom. The summed E-state index contributed by atoms with van der Waals surface area (Å²) in [6.45, 7) is 5.73. The highest BCUT2D eigenvalue weighted by atomic mass is 35.7. The molecule has 0 saturated carbocycles. The quantitative estimate of drug-likeness (QED) is 0.600. The van der Waals surface area contributed by atoms with E-state index in [2.05, 4.69) is 50.1 Å². The Balaban J connectivity index is 0.000000249. The van der Waals surface area contributed by atoms with E-state index in [0.29, 0.717) is 5.41 Å². The Morgan fingerprint density at radius 2 is 1.71 bits per heavy atom. The lowest BCUT2D eigenvalue weighted by Gasteiger charge is -2.18. The van der Waals surface area contributed by atoms with E-state index in [1.54, 1.807) is 0 Å². The minimum absolute atomic E-state index is 0.325. The normalized spacial score (nSPS) is 17.2. The topological polar surface area (TPSA) is 92.7 Å². The number of rotatable bonds is 0. The first-order valence-electron chi connectivity index (χ1n) is 5.05. The molecule has 1 aliphatic heterocycles. The highest BCUT2D eigenvalue weighted by Crippen LogP contribution is 2.38. The van der Waals surface area contributed by atoms with E-state index in [1.165, 1.54) is 11.3 Å². The van der Waals surface area contributed by atoms with Crippen molar-refractivity contribution in [1.82, 2.24) is 0 Å². The predicted molar refractivity (Wildman–Crippen MR) is 55.0 cm³/mol. The molecule has 0 radical (unpaired) electrons. The molecule has 0 amide bonds. The number of benzene rings is 1. The number of nitrogens with zero attached hydrogens (tertiary/aromatic N) is 1. The lowest BCUT2D eigenvalue weighted by Crippen LogP contribution is -2.58. The van der Waals surface area contributed by atoms with Crippen LogP contribution in [-0.2, 0) is 5.41 Å². The third-order valence-electron chi connectivity index (χ3n) is 2.68. The third kappa shape index (κ3) is 4.14. The number of fused-ring (bicyclic) bond motifs is 1. The van der Waals surface area contributed by atoms with Crippen molar-refractivity contribution >= 4 is 5.69 Å². The summed E-state index contributed by atoms with van der Waals surface area (Å²) in [5.74, 6) is 0. The van der Waals surface area contributed by atoms with Crippen molar-refractivity contribution < 1.29 is 28.9 Å². The second-order valence-electron chi connectivity index (χ2n) is 4.65. The number of anilines is 1. The van der Waals surface area contributed by atoms with Gasteiger partial charge in [-0.25, -0.2) is 0 Å². The van der Waals surface area contributed by atoms with Crippen LogP contribution in [0.3, 0.4) is 0 Å². The number of halogens is 1. The fourth-order valence-corrected chi connectivity index (χ4v) is 2.14. The van der Waals surface area contributed by atoms with Gasteiger partial charge in [-0.15, -0.1) is 0 Å². The standard InChI is InChI=1S/C11H15N.ClHO4/c1-11(2)8-12(3)10-7-5-4-6-9(10)11;2-1(3,4)5/h4-7H,8H2,1-3H3;(H,2,3,4,5). The van der Waals surface area contributed by atoms with Crippen molar-refractivity contribution in [3.8, 4) is 0 Å². The summed E-state index contributed by atoms with van der Waals surface area (Å²) >= 11 is 0. The van der Waals surface area contributed by atoms with Crippen LogP contribution in [0.1, 0.15) is 19.4 Å². The Hall–Kier alpha value is -0.850. The van der Waals surface area contributed by atoms with Gasteiger partial charge in [0.15, 0.2) is 0 Å². The van der Waals surface area contributed by atoms with E-state index in [-0.39, 0.29) is 0 Å². The third-order valence-corrected chi connectivity index (χ3v) is 2.68. The lowest BCUT2D eigenvalue weighted by molar-refractivity contribution is -1.92. The van der Waals surface area contributed by atoms with Gasteiger partial charge in [0.05, 0.1) is 14.9 Å². The zero-order valence-corrected chi connectivity index (χ0v) is 10.8. The molecule has 1 N–H and O–H groups in total. The molecule has 1 heterocycles. The van der Waals surface area contributed by atoms with Crippen molar-refractivity contribution in [3.63, 3.8) is 0 Å². The van der Waals surface area contributed by atoms with Crippen LogP contribution in [0, 0.1) is 10.2 Å². The van der Waals surface area contributed by atoms with Crippen molar-refractivity contribution in [2.45, 2.75) is 19.3 Å². The Morgan fingerprint density at radius 1 is 1.24 bits per heavy atom. The van der Waals surface area contributed by atoms with Crippen LogP contribution >= 0.6 is 0 Å². The minimum Gasteiger partial charge on any atom is -0.373 e. The Labute approximate surface area is 103 Å². The van der Waals surface area contributed by atoms with Crippen LogP contribution in [-0.4, -0.2) is 18.3 Å². The van der Waals surface area contributed by atoms with Gasteiger partial charge in [-0.1, -0.05) is 32.0 Å². The van der Waals surface area contributed by atoms with Gasteiger partial charge >= 0.3 is 0 Å². The molecule has 5 nitrogen and oxygen atoms in total. The second kappa shape index (κ2) is 4.80. The monoisotopic (exact) mass is 261 g/mol. The van der Waals surface area contributed by atoms with Gasteiger partial charge in [-0.2, -0.15) is 14.0 Å². The molecule has 17 heavy (non-hydrogen) atoms. The van der Waals surface area contributed by atoms with Gasteiger partial charge in [0.2, 0.25) is 0 Å². The Bertz CT molecular complexity index is 383. The van der Waals surface area contributed by atoms with Crippen LogP contribution in [0.5, 0.6) is 0 Å². The van der Waals surface area contributed by atoms with Gasteiger partial charge in [-0.3, -0.25) is 0 Å². The fraction of sp³-hybridized carbons (Fsp3) is 0.455. The van der Waals surface area contributed by atoms with Crippen LogP contribution < -0.4 is 18.9 Å². The molecule has 1 aromatic rings. The van der Waals surface area contributed by atoms with Crippen LogP contribution in [0.4, 0.5) is 5.69 Å². The summed E-state index contributed by atoms with van der Waals surface area (Å²) in [5.41, 5.74) is 3.20. The summed E-state index contributed by atoms with van der Waals surface area (Å²) in [6, 6.07) is 8.67. The van der Waals surface area contributed by atoms with E-state index in [1.807, 2.05) is 0 Å². The average molecular weight is 262 g/mol.